The molecule has 0 heterocycles. The molecule has 0 aliphatic heterocycles. The Morgan fingerprint density at radius 3 is 2.88 bits per heavy atom. The summed E-state index contributed by atoms with van der Waals surface area (Å²) in [6.45, 7) is 3.86. The van der Waals surface area contributed by atoms with Gasteiger partial charge in [0, 0.05) is 17.1 Å². The van der Waals surface area contributed by atoms with E-state index in [9.17, 15) is 9.59 Å². The van der Waals surface area contributed by atoms with Crippen LogP contribution in [0.5, 0.6) is 5.75 Å². The number of Topliss-reactive ketones (excluding diaryl/α,β-unsaturated/α-hetero) is 1. The van der Waals surface area contributed by atoms with Gasteiger partial charge in [0.2, 0.25) is 0 Å². The maximum Gasteiger partial charge on any atom is 0.262 e. The molecule has 1 amide bonds. The largest absolute Gasteiger partial charge is 0.483 e. The van der Waals surface area contributed by atoms with E-state index in [1.165, 1.54) is 0 Å². The van der Waals surface area contributed by atoms with Gasteiger partial charge in [-0.3, -0.25) is 9.59 Å². The zero-order valence-electron chi connectivity index (χ0n) is 13.6. The van der Waals surface area contributed by atoms with E-state index in [1.807, 2.05) is 19.9 Å². The topological polar surface area (TPSA) is 55.4 Å². The Labute approximate surface area is 145 Å². The first-order chi connectivity index (χ1) is 11.5. The molecular weight excluding hydrogens is 326 g/mol. The third-order valence-electron chi connectivity index (χ3n) is 4.16. The lowest BCUT2D eigenvalue weighted by Gasteiger charge is -2.13. The van der Waals surface area contributed by atoms with E-state index in [0.717, 1.165) is 11.1 Å². The van der Waals surface area contributed by atoms with Gasteiger partial charge in [-0.15, -0.1) is 0 Å². The predicted octanol–water partition coefficient (Wildman–Crippen LogP) is 4.36. The van der Waals surface area contributed by atoms with E-state index in [-0.39, 0.29) is 24.2 Å². The minimum Gasteiger partial charge on any atom is -0.483 e. The zero-order chi connectivity index (χ0) is 17.3. The highest BCUT2D eigenvalue weighted by Gasteiger charge is 2.31. The van der Waals surface area contributed by atoms with Crippen LogP contribution in [0.2, 0.25) is 5.02 Å². The van der Waals surface area contributed by atoms with Gasteiger partial charge in [-0.2, -0.15) is 0 Å². The number of ketones is 1. The highest BCUT2D eigenvalue weighted by Crippen LogP contribution is 2.40. The van der Waals surface area contributed by atoms with Crippen molar-refractivity contribution in [2.45, 2.75) is 26.2 Å². The first kappa shape index (κ1) is 16.5. The van der Waals surface area contributed by atoms with Crippen molar-refractivity contribution >= 4 is 29.0 Å². The molecule has 0 radical (unpaired) electrons. The summed E-state index contributed by atoms with van der Waals surface area (Å²) in [5.41, 5.74) is 3.35. The Bertz CT molecular complexity index is 816. The summed E-state index contributed by atoms with van der Waals surface area (Å²) in [5.74, 6) is 0.444. The lowest BCUT2D eigenvalue weighted by Crippen LogP contribution is -2.20. The van der Waals surface area contributed by atoms with Gasteiger partial charge in [-0.25, -0.2) is 0 Å². The van der Waals surface area contributed by atoms with Crippen LogP contribution < -0.4 is 10.1 Å². The van der Waals surface area contributed by atoms with Crippen LogP contribution in [0.15, 0.2) is 36.4 Å². The van der Waals surface area contributed by atoms with E-state index in [1.54, 1.807) is 30.3 Å². The second-order valence-electron chi connectivity index (χ2n) is 6.04. The fraction of sp³-hybridized carbons (Fsp3) is 0.263. The van der Waals surface area contributed by atoms with E-state index >= 15 is 0 Å². The van der Waals surface area contributed by atoms with Crippen molar-refractivity contribution in [3.8, 4) is 5.75 Å². The second-order valence-corrected chi connectivity index (χ2v) is 6.48. The number of fused-ring (bicyclic) bond motifs is 1. The number of hydrogen-bond acceptors (Lipinski definition) is 3. The number of amides is 1. The zero-order valence-corrected chi connectivity index (χ0v) is 14.3. The molecule has 3 rings (SSSR count). The number of halogens is 1. The number of aryl methyl sites for hydroxylation is 1. The quantitative estimate of drug-likeness (QED) is 0.897. The average molecular weight is 344 g/mol. The number of carbonyl (C=O) groups excluding carboxylic acids is 2. The van der Waals surface area contributed by atoms with Crippen LogP contribution in [0.1, 0.15) is 40.7 Å². The molecule has 2 aromatic carbocycles. The van der Waals surface area contributed by atoms with Gasteiger partial charge >= 0.3 is 0 Å². The Hall–Kier alpha value is -2.33. The monoisotopic (exact) mass is 343 g/mol. The molecular formula is C19H18ClNO3. The molecule has 1 aliphatic rings. The number of carbonyl (C=O) groups is 2. The molecule has 0 unspecified atom stereocenters. The summed E-state index contributed by atoms with van der Waals surface area (Å²) >= 11 is 5.89. The van der Waals surface area contributed by atoms with Gasteiger partial charge in [0.15, 0.2) is 12.4 Å². The lowest BCUT2D eigenvalue weighted by atomic mass is 9.97. The molecule has 0 aromatic heterocycles. The minimum atomic E-state index is -0.301. The highest BCUT2D eigenvalue weighted by atomic mass is 35.5. The van der Waals surface area contributed by atoms with Crippen LogP contribution in [0, 0.1) is 6.92 Å². The predicted molar refractivity (Wildman–Crippen MR) is 94.1 cm³/mol. The Morgan fingerprint density at radius 1 is 1.33 bits per heavy atom. The van der Waals surface area contributed by atoms with Gasteiger partial charge < -0.3 is 10.1 Å². The molecule has 0 saturated heterocycles. The fourth-order valence-electron chi connectivity index (χ4n) is 3.14. The van der Waals surface area contributed by atoms with E-state index in [0.29, 0.717) is 28.4 Å². The SMILES string of the molecule is Cc1ccc(OCC(=O)Nc2cccc(Cl)c2)c2c1[C@H](C)CC2=O. The number of hydrogen-bond donors (Lipinski definition) is 1. The summed E-state index contributed by atoms with van der Waals surface area (Å²) in [6, 6.07) is 10.6. The van der Waals surface area contributed by atoms with Gasteiger partial charge in [0.25, 0.3) is 5.91 Å². The van der Waals surface area contributed by atoms with Crippen LogP contribution in [0.4, 0.5) is 5.69 Å². The van der Waals surface area contributed by atoms with Crippen molar-refractivity contribution in [1.29, 1.82) is 0 Å². The molecule has 0 saturated carbocycles. The van der Waals surface area contributed by atoms with Crippen LogP contribution in [-0.2, 0) is 4.79 Å². The fourth-order valence-corrected chi connectivity index (χ4v) is 3.33. The summed E-state index contributed by atoms with van der Waals surface area (Å²) < 4.78 is 5.62. The van der Waals surface area contributed by atoms with Gasteiger partial charge in [-0.05, 0) is 48.2 Å². The molecule has 0 bridgehead atoms. The smallest absolute Gasteiger partial charge is 0.262 e. The van der Waals surface area contributed by atoms with E-state index in [2.05, 4.69) is 5.32 Å². The van der Waals surface area contributed by atoms with Gasteiger partial charge in [-0.1, -0.05) is 30.7 Å². The lowest BCUT2D eigenvalue weighted by molar-refractivity contribution is -0.118. The van der Waals surface area contributed by atoms with E-state index < -0.39 is 0 Å². The van der Waals surface area contributed by atoms with Gasteiger partial charge in [0.1, 0.15) is 5.75 Å². The summed E-state index contributed by atoms with van der Waals surface area (Å²) in [7, 11) is 0. The molecule has 5 heteroatoms. The normalized spacial score (nSPS) is 16.0. The molecule has 1 atom stereocenters. The molecule has 124 valence electrons. The Balaban J connectivity index is 1.72. The maximum absolute atomic E-state index is 12.2. The maximum atomic E-state index is 12.2. The second kappa shape index (κ2) is 6.65. The average Bonchev–Trinajstić information content (AvgIpc) is 2.83. The standard InChI is InChI=1S/C19H18ClNO3/c1-11-6-7-16(19-15(22)8-12(2)18(11)19)24-10-17(23)21-14-5-3-4-13(20)9-14/h3-7,9,12H,8,10H2,1-2H3,(H,21,23)/t12-/m1/s1. The third-order valence-corrected chi connectivity index (χ3v) is 4.39. The number of nitrogens with one attached hydrogen (secondary N) is 1. The first-order valence-corrected chi connectivity index (χ1v) is 8.18. The van der Waals surface area contributed by atoms with Crippen LogP contribution in [-0.4, -0.2) is 18.3 Å². The van der Waals surface area contributed by atoms with Crippen molar-refractivity contribution in [2.24, 2.45) is 0 Å². The van der Waals surface area contributed by atoms with Crippen LogP contribution >= 0.6 is 11.6 Å². The highest BCUT2D eigenvalue weighted by molar-refractivity contribution is 6.30. The van der Waals surface area contributed by atoms with Gasteiger partial charge in [0.05, 0.1) is 5.56 Å². The summed E-state index contributed by atoms with van der Waals surface area (Å²) in [5, 5.41) is 3.26. The molecule has 4 nitrogen and oxygen atoms in total. The summed E-state index contributed by atoms with van der Waals surface area (Å²) in [4.78, 5) is 24.3. The number of ether oxygens (including phenoxy) is 1. The number of anilines is 1. The molecule has 1 aliphatic carbocycles. The minimum absolute atomic E-state index is 0.0754. The molecule has 1 N–H and O–H groups in total. The molecule has 0 spiro atoms. The number of rotatable bonds is 4. The number of benzene rings is 2. The Morgan fingerprint density at radius 2 is 2.12 bits per heavy atom. The van der Waals surface area contributed by atoms with Crippen molar-refractivity contribution < 1.29 is 14.3 Å². The molecule has 2 aromatic rings. The van der Waals surface area contributed by atoms with Crippen molar-refractivity contribution in [1.82, 2.24) is 0 Å². The summed E-state index contributed by atoms with van der Waals surface area (Å²) in [6.07, 6.45) is 0.491. The first-order valence-electron chi connectivity index (χ1n) is 7.80. The van der Waals surface area contributed by atoms with Crippen molar-refractivity contribution in [2.75, 3.05) is 11.9 Å². The van der Waals surface area contributed by atoms with E-state index in [4.69, 9.17) is 16.3 Å². The van der Waals surface area contributed by atoms with Crippen LogP contribution in [0.25, 0.3) is 0 Å². The Kier molecular flexibility index (Phi) is 4.58. The van der Waals surface area contributed by atoms with Crippen molar-refractivity contribution in [3.63, 3.8) is 0 Å². The molecule has 0 fully saturated rings. The van der Waals surface area contributed by atoms with Crippen LogP contribution in [0.3, 0.4) is 0 Å². The molecule has 24 heavy (non-hydrogen) atoms. The van der Waals surface area contributed by atoms with Crippen molar-refractivity contribution in [3.05, 3.63) is 58.1 Å². The third kappa shape index (κ3) is 3.29.